The number of amides is 1. The number of benzene rings is 1. The first kappa shape index (κ1) is 12.8. The molecule has 0 aliphatic carbocycles. The van der Waals surface area contributed by atoms with E-state index in [0.29, 0.717) is 22.7 Å². The van der Waals surface area contributed by atoms with Crippen molar-refractivity contribution >= 4 is 17.3 Å². The monoisotopic (exact) mass is 258 g/mol. The molecular weight excluding hydrogens is 244 g/mol. The van der Waals surface area contributed by atoms with Crippen LogP contribution in [0.5, 0.6) is 5.75 Å². The molecule has 2 rings (SSSR count). The van der Waals surface area contributed by atoms with Crippen LogP contribution in [0, 0.1) is 0 Å². The van der Waals surface area contributed by atoms with Crippen LogP contribution in [0.3, 0.4) is 0 Å². The largest absolute Gasteiger partial charge is 0.495 e. The molecule has 4 N–H and O–H groups in total. The molecule has 19 heavy (non-hydrogen) atoms. The van der Waals surface area contributed by atoms with E-state index in [1.165, 1.54) is 12.4 Å². The van der Waals surface area contributed by atoms with Gasteiger partial charge < -0.3 is 15.5 Å². The molecule has 1 heterocycles. The molecule has 6 heteroatoms. The van der Waals surface area contributed by atoms with Crippen molar-refractivity contribution in [2.75, 3.05) is 17.9 Å². The molecule has 98 valence electrons. The van der Waals surface area contributed by atoms with Gasteiger partial charge in [-0.2, -0.15) is 0 Å². The Morgan fingerprint density at radius 2 is 2.05 bits per heavy atom. The molecule has 0 saturated carbocycles. The third-order valence-electron chi connectivity index (χ3n) is 2.58. The van der Waals surface area contributed by atoms with Crippen LogP contribution in [0.25, 0.3) is 0 Å². The smallest absolute Gasteiger partial charge is 0.258 e. The van der Waals surface area contributed by atoms with Crippen molar-refractivity contribution in [1.29, 1.82) is 0 Å². The average molecular weight is 258 g/mol. The first-order valence-corrected chi connectivity index (χ1v) is 5.61. The van der Waals surface area contributed by atoms with E-state index in [9.17, 15) is 4.79 Å². The number of para-hydroxylation sites is 2. The number of anilines is 2. The van der Waals surface area contributed by atoms with Gasteiger partial charge in [-0.1, -0.05) is 12.1 Å². The van der Waals surface area contributed by atoms with Crippen molar-refractivity contribution in [2.24, 2.45) is 5.84 Å². The molecule has 0 radical (unpaired) electrons. The Morgan fingerprint density at radius 1 is 1.26 bits per heavy atom. The second-order valence-corrected chi connectivity index (χ2v) is 3.72. The van der Waals surface area contributed by atoms with Gasteiger partial charge >= 0.3 is 0 Å². The number of pyridine rings is 1. The Labute approximate surface area is 110 Å². The highest BCUT2D eigenvalue weighted by Crippen LogP contribution is 2.24. The van der Waals surface area contributed by atoms with Gasteiger partial charge in [-0.3, -0.25) is 15.6 Å². The molecule has 0 atom stereocenters. The van der Waals surface area contributed by atoms with E-state index >= 15 is 0 Å². The number of methoxy groups -OCH3 is 1. The van der Waals surface area contributed by atoms with Crippen molar-refractivity contribution in [3.63, 3.8) is 0 Å². The van der Waals surface area contributed by atoms with Crippen LogP contribution < -0.4 is 21.3 Å². The van der Waals surface area contributed by atoms with Crippen molar-refractivity contribution < 1.29 is 9.53 Å². The van der Waals surface area contributed by atoms with Crippen molar-refractivity contribution in [2.45, 2.75) is 0 Å². The highest BCUT2D eigenvalue weighted by molar-refractivity contribution is 6.08. The fraction of sp³-hybridized carbons (Fsp3) is 0.0769. The first-order chi connectivity index (χ1) is 9.26. The van der Waals surface area contributed by atoms with Crippen LogP contribution in [0.2, 0.25) is 0 Å². The molecule has 2 aromatic rings. The second-order valence-electron chi connectivity index (χ2n) is 3.72. The lowest BCUT2D eigenvalue weighted by atomic mass is 10.2. The average Bonchev–Trinajstić information content (AvgIpc) is 2.47. The fourth-order valence-corrected chi connectivity index (χ4v) is 1.65. The maximum absolute atomic E-state index is 12.2. The van der Waals surface area contributed by atoms with Crippen LogP contribution in [-0.4, -0.2) is 18.0 Å². The third kappa shape index (κ3) is 2.80. The number of hydrazine groups is 1. The minimum Gasteiger partial charge on any atom is -0.495 e. The topological polar surface area (TPSA) is 89.3 Å². The normalized spacial score (nSPS) is 9.79. The van der Waals surface area contributed by atoms with Gasteiger partial charge in [0, 0.05) is 6.20 Å². The van der Waals surface area contributed by atoms with E-state index in [0.717, 1.165) is 0 Å². The van der Waals surface area contributed by atoms with E-state index in [1.54, 1.807) is 25.3 Å². The lowest BCUT2D eigenvalue weighted by Crippen LogP contribution is -2.17. The molecule has 1 amide bonds. The number of nitrogens with one attached hydrogen (secondary N) is 2. The van der Waals surface area contributed by atoms with E-state index in [2.05, 4.69) is 15.7 Å². The van der Waals surface area contributed by atoms with E-state index < -0.39 is 0 Å². The van der Waals surface area contributed by atoms with Crippen molar-refractivity contribution in [3.8, 4) is 5.75 Å². The molecule has 0 unspecified atom stereocenters. The highest BCUT2D eigenvalue weighted by Gasteiger charge is 2.12. The number of carbonyl (C=O) groups excluding carboxylic acids is 1. The molecule has 0 spiro atoms. The number of carbonyl (C=O) groups is 1. The van der Waals surface area contributed by atoms with Crippen molar-refractivity contribution in [1.82, 2.24) is 4.98 Å². The summed E-state index contributed by atoms with van der Waals surface area (Å²) in [5, 5.41) is 2.77. The summed E-state index contributed by atoms with van der Waals surface area (Å²) in [5.41, 5.74) is 3.89. The summed E-state index contributed by atoms with van der Waals surface area (Å²) in [6.07, 6.45) is 3.01. The van der Waals surface area contributed by atoms with Gasteiger partial charge in [-0.15, -0.1) is 0 Å². The summed E-state index contributed by atoms with van der Waals surface area (Å²) >= 11 is 0. The molecule has 0 aliphatic rings. The predicted octanol–water partition coefficient (Wildman–Crippen LogP) is 1.63. The summed E-state index contributed by atoms with van der Waals surface area (Å²) in [7, 11) is 1.55. The van der Waals surface area contributed by atoms with Gasteiger partial charge in [0.2, 0.25) is 0 Å². The van der Waals surface area contributed by atoms with Gasteiger partial charge in [0.15, 0.2) is 0 Å². The molecule has 0 fully saturated rings. The summed E-state index contributed by atoms with van der Waals surface area (Å²) in [6, 6.07) is 8.75. The summed E-state index contributed by atoms with van der Waals surface area (Å²) in [5.74, 6) is 5.64. The lowest BCUT2D eigenvalue weighted by molar-refractivity contribution is 0.102. The van der Waals surface area contributed by atoms with E-state index in [-0.39, 0.29) is 5.91 Å². The Morgan fingerprint density at radius 3 is 2.79 bits per heavy atom. The first-order valence-electron chi connectivity index (χ1n) is 5.61. The Kier molecular flexibility index (Phi) is 3.94. The third-order valence-corrected chi connectivity index (χ3v) is 2.58. The van der Waals surface area contributed by atoms with Crippen LogP contribution in [0.4, 0.5) is 11.4 Å². The summed E-state index contributed by atoms with van der Waals surface area (Å²) < 4.78 is 5.17. The summed E-state index contributed by atoms with van der Waals surface area (Å²) in [4.78, 5) is 16.1. The number of nitrogens with two attached hydrogens (primary N) is 1. The maximum atomic E-state index is 12.2. The standard InChI is InChI=1S/C13H14N4O2/c1-19-12-5-3-2-4-10(12)16-13(18)9-6-7-15-8-11(9)17-14/h2-8,17H,14H2,1H3,(H,16,18). The SMILES string of the molecule is COc1ccccc1NC(=O)c1ccncc1NN. The zero-order valence-corrected chi connectivity index (χ0v) is 10.4. The molecule has 6 nitrogen and oxygen atoms in total. The number of nitrogen functional groups attached to an aromatic ring is 1. The van der Waals surface area contributed by atoms with Crippen LogP contribution in [0.15, 0.2) is 42.7 Å². The zero-order chi connectivity index (χ0) is 13.7. The zero-order valence-electron chi connectivity index (χ0n) is 10.4. The Hall–Kier alpha value is -2.60. The minimum absolute atomic E-state index is 0.292. The highest BCUT2D eigenvalue weighted by atomic mass is 16.5. The van der Waals surface area contributed by atoms with Crippen LogP contribution in [-0.2, 0) is 0 Å². The van der Waals surface area contributed by atoms with Gasteiger partial charge in [0.05, 0.1) is 30.2 Å². The quantitative estimate of drug-likeness (QED) is 0.573. The molecule has 0 aliphatic heterocycles. The number of ether oxygens (including phenoxy) is 1. The molecule has 1 aromatic heterocycles. The number of hydrogen-bond acceptors (Lipinski definition) is 5. The molecule has 0 bridgehead atoms. The number of aromatic nitrogens is 1. The fourth-order valence-electron chi connectivity index (χ4n) is 1.65. The maximum Gasteiger partial charge on any atom is 0.258 e. The molecular formula is C13H14N4O2. The van der Waals surface area contributed by atoms with Gasteiger partial charge in [0.25, 0.3) is 5.91 Å². The number of nitrogens with zero attached hydrogens (tertiary/aromatic N) is 1. The number of rotatable bonds is 4. The van der Waals surface area contributed by atoms with E-state index in [1.807, 2.05) is 12.1 Å². The van der Waals surface area contributed by atoms with Gasteiger partial charge in [-0.25, -0.2) is 0 Å². The predicted molar refractivity (Wildman–Crippen MR) is 73.0 cm³/mol. The second kappa shape index (κ2) is 5.83. The van der Waals surface area contributed by atoms with Gasteiger partial charge in [0.1, 0.15) is 5.75 Å². The van der Waals surface area contributed by atoms with Crippen LogP contribution in [0.1, 0.15) is 10.4 Å². The molecule has 0 saturated heterocycles. The van der Waals surface area contributed by atoms with Gasteiger partial charge in [-0.05, 0) is 18.2 Å². The summed E-state index contributed by atoms with van der Waals surface area (Å²) in [6.45, 7) is 0. The Bertz CT molecular complexity index is 586. The Balaban J connectivity index is 2.26. The van der Waals surface area contributed by atoms with Crippen molar-refractivity contribution in [3.05, 3.63) is 48.3 Å². The number of hydrogen-bond donors (Lipinski definition) is 3. The minimum atomic E-state index is -0.292. The lowest BCUT2D eigenvalue weighted by Gasteiger charge is -2.11. The van der Waals surface area contributed by atoms with Crippen LogP contribution >= 0.6 is 0 Å². The molecule has 1 aromatic carbocycles. The van der Waals surface area contributed by atoms with E-state index in [4.69, 9.17) is 10.6 Å².